The summed E-state index contributed by atoms with van der Waals surface area (Å²) < 4.78 is 0. The number of hydrogen-bond acceptors (Lipinski definition) is 10. The lowest BCUT2D eigenvalue weighted by Crippen LogP contribution is -2.37. The molecule has 0 spiro atoms. The van der Waals surface area contributed by atoms with Crippen LogP contribution in [0.2, 0.25) is 0 Å². The van der Waals surface area contributed by atoms with Gasteiger partial charge in [0, 0.05) is 50.5 Å². The molecule has 0 unspecified atom stereocenters. The maximum Gasteiger partial charge on any atom is 0.228 e. The van der Waals surface area contributed by atoms with Crippen molar-refractivity contribution in [2.75, 3.05) is 43.9 Å². The average Bonchev–Trinajstić information content (AvgIpc) is 3.52. The molecule has 188 valence electrons. The molecule has 0 aromatic carbocycles. The molecule has 3 aromatic heterocycles. The highest BCUT2D eigenvalue weighted by Gasteiger charge is 2.20. The van der Waals surface area contributed by atoms with E-state index in [-0.39, 0.29) is 0 Å². The Morgan fingerprint density at radius 1 is 1.19 bits per heavy atom. The second kappa shape index (κ2) is 11.3. The zero-order valence-corrected chi connectivity index (χ0v) is 21.8. The van der Waals surface area contributed by atoms with Crippen molar-refractivity contribution < 1.29 is 0 Å². The van der Waals surface area contributed by atoms with Gasteiger partial charge in [0.2, 0.25) is 5.95 Å². The van der Waals surface area contributed by atoms with Gasteiger partial charge in [0.05, 0.1) is 28.9 Å². The van der Waals surface area contributed by atoms with Gasteiger partial charge in [-0.25, -0.2) is 19.9 Å². The molecule has 3 aromatic rings. The van der Waals surface area contributed by atoms with E-state index in [4.69, 9.17) is 20.2 Å². The summed E-state index contributed by atoms with van der Waals surface area (Å²) in [7, 11) is 1.99. The number of pyridine rings is 1. The summed E-state index contributed by atoms with van der Waals surface area (Å²) in [5, 5.41) is 16.7. The Hall–Kier alpha value is -3.13. The van der Waals surface area contributed by atoms with Crippen LogP contribution in [0, 0.1) is 18.3 Å². The van der Waals surface area contributed by atoms with Crippen molar-refractivity contribution >= 4 is 28.2 Å². The largest absolute Gasteiger partial charge is 0.359 e. The molecule has 0 amide bonds. The molecule has 0 bridgehead atoms. The van der Waals surface area contributed by atoms with Gasteiger partial charge in [-0.05, 0) is 44.5 Å². The molecule has 9 nitrogen and oxygen atoms in total. The van der Waals surface area contributed by atoms with E-state index in [1.807, 2.05) is 26.1 Å². The highest BCUT2D eigenvalue weighted by atomic mass is 32.1. The molecule has 36 heavy (non-hydrogen) atoms. The van der Waals surface area contributed by atoms with E-state index in [0.29, 0.717) is 18.5 Å². The first-order chi connectivity index (χ1) is 17.6. The van der Waals surface area contributed by atoms with Gasteiger partial charge in [-0.15, -0.1) is 0 Å². The second-order valence-electron chi connectivity index (χ2n) is 9.67. The summed E-state index contributed by atoms with van der Waals surface area (Å²) in [6, 6.07) is 8.83. The van der Waals surface area contributed by atoms with Crippen LogP contribution in [0.1, 0.15) is 42.6 Å². The Labute approximate surface area is 216 Å². The lowest BCUT2D eigenvalue weighted by Gasteiger charge is -2.29. The Balaban J connectivity index is 1.23. The third-order valence-electron chi connectivity index (χ3n) is 6.87. The summed E-state index contributed by atoms with van der Waals surface area (Å²) in [6.07, 6.45) is 7.73. The van der Waals surface area contributed by atoms with E-state index in [0.717, 1.165) is 65.5 Å². The highest BCUT2D eigenvalue weighted by molar-refractivity contribution is 7.19. The number of nitrogens with one attached hydrogen (secondary N) is 2. The minimum atomic E-state index is 0.464. The number of aryl methyl sites for hydroxylation is 1. The highest BCUT2D eigenvalue weighted by Crippen LogP contribution is 2.34. The monoisotopic (exact) mass is 503 g/mol. The second-order valence-corrected chi connectivity index (χ2v) is 10.7. The predicted molar refractivity (Wildman–Crippen MR) is 143 cm³/mol. The van der Waals surface area contributed by atoms with Gasteiger partial charge in [-0.2, -0.15) is 5.26 Å². The number of nitriles is 1. The first-order valence-electron chi connectivity index (χ1n) is 12.7. The van der Waals surface area contributed by atoms with Crippen LogP contribution in [0.5, 0.6) is 0 Å². The standard InChI is InChI=1S/C26H33N9S/c1-18-24(36-26(29-18)30-20-5-3-4-6-20)22-9-12-28-25(32-22)33-23-8-7-19-17-35(13-10-21(19)31-23)16-15-34(2)14-11-27/h7-9,12,20H,3-6,10,13-17H2,1-2H3,(H,29,30)(H,28,31,32,33). The van der Waals surface area contributed by atoms with Gasteiger partial charge >= 0.3 is 0 Å². The smallest absolute Gasteiger partial charge is 0.228 e. The van der Waals surface area contributed by atoms with Crippen LogP contribution < -0.4 is 10.6 Å². The fourth-order valence-corrected chi connectivity index (χ4v) is 5.86. The summed E-state index contributed by atoms with van der Waals surface area (Å²) in [5.74, 6) is 1.30. The van der Waals surface area contributed by atoms with E-state index in [2.05, 4.69) is 37.6 Å². The van der Waals surface area contributed by atoms with Crippen LogP contribution in [0.4, 0.5) is 16.9 Å². The van der Waals surface area contributed by atoms with Crippen molar-refractivity contribution in [2.45, 2.75) is 51.6 Å². The molecule has 10 heteroatoms. The van der Waals surface area contributed by atoms with Crippen molar-refractivity contribution in [3.05, 3.63) is 41.3 Å². The van der Waals surface area contributed by atoms with Crippen LogP contribution in [0.3, 0.4) is 0 Å². The molecule has 1 saturated carbocycles. The SMILES string of the molecule is Cc1nc(NC2CCCC2)sc1-c1ccnc(Nc2ccc3c(n2)CCN(CCN(C)CC#N)C3)n1. The van der Waals surface area contributed by atoms with E-state index in [9.17, 15) is 0 Å². The number of nitrogens with zero attached hydrogens (tertiary/aromatic N) is 7. The third-order valence-corrected chi connectivity index (χ3v) is 7.98. The lowest BCUT2D eigenvalue weighted by molar-refractivity contribution is 0.218. The Morgan fingerprint density at radius 3 is 2.89 bits per heavy atom. The van der Waals surface area contributed by atoms with E-state index in [1.54, 1.807) is 17.5 Å². The van der Waals surface area contributed by atoms with E-state index in [1.165, 1.54) is 31.2 Å². The van der Waals surface area contributed by atoms with Gasteiger partial charge < -0.3 is 10.6 Å². The molecular weight excluding hydrogens is 470 g/mol. The maximum atomic E-state index is 8.84. The number of hydrogen-bond donors (Lipinski definition) is 2. The van der Waals surface area contributed by atoms with Gasteiger partial charge in [0.25, 0.3) is 0 Å². The molecule has 1 fully saturated rings. The van der Waals surface area contributed by atoms with Crippen LogP contribution >= 0.6 is 11.3 Å². The van der Waals surface area contributed by atoms with E-state index >= 15 is 0 Å². The summed E-state index contributed by atoms with van der Waals surface area (Å²) in [6.45, 7) is 6.20. The van der Waals surface area contributed by atoms with Crippen molar-refractivity contribution in [2.24, 2.45) is 0 Å². The maximum absolute atomic E-state index is 8.84. The first kappa shape index (κ1) is 24.6. The fourth-order valence-electron chi connectivity index (χ4n) is 4.85. The van der Waals surface area contributed by atoms with Crippen LogP contribution in [0.15, 0.2) is 24.4 Å². The molecule has 2 N–H and O–H groups in total. The molecule has 1 aliphatic heterocycles. The quantitative estimate of drug-likeness (QED) is 0.415. The van der Waals surface area contributed by atoms with Gasteiger partial charge in [0.1, 0.15) is 5.82 Å². The fraction of sp³-hybridized carbons (Fsp3) is 0.500. The Bertz CT molecular complexity index is 1230. The Morgan fingerprint density at radius 2 is 2.06 bits per heavy atom. The molecule has 0 saturated heterocycles. The number of likely N-dealkylation sites (N-methyl/N-ethyl adjacent to an activating group) is 1. The lowest BCUT2D eigenvalue weighted by atomic mass is 10.1. The molecule has 5 rings (SSSR count). The summed E-state index contributed by atoms with van der Waals surface area (Å²) in [4.78, 5) is 24.3. The zero-order chi connectivity index (χ0) is 24.9. The molecule has 0 atom stereocenters. The zero-order valence-electron chi connectivity index (χ0n) is 21.0. The number of aromatic nitrogens is 4. The molecule has 0 radical (unpaired) electrons. The molecule has 2 aliphatic rings. The van der Waals surface area contributed by atoms with Crippen molar-refractivity contribution in [3.63, 3.8) is 0 Å². The normalized spacial score (nSPS) is 16.2. The van der Waals surface area contributed by atoms with Gasteiger partial charge in [0.15, 0.2) is 5.13 Å². The van der Waals surface area contributed by atoms with Crippen LogP contribution in [-0.4, -0.2) is 69.0 Å². The van der Waals surface area contributed by atoms with Crippen molar-refractivity contribution in [1.29, 1.82) is 5.26 Å². The minimum Gasteiger partial charge on any atom is -0.359 e. The first-order valence-corrected chi connectivity index (χ1v) is 13.5. The number of thiazole rings is 1. The van der Waals surface area contributed by atoms with Gasteiger partial charge in [-0.1, -0.05) is 30.2 Å². The average molecular weight is 504 g/mol. The van der Waals surface area contributed by atoms with E-state index < -0.39 is 0 Å². The van der Waals surface area contributed by atoms with Crippen molar-refractivity contribution in [3.8, 4) is 16.6 Å². The Kier molecular flexibility index (Phi) is 7.70. The summed E-state index contributed by atoms with van der Waals surface area (Å²) in [5.41, 5.74) is 4.24. The topological polar surface area (TPSA) is 106 Å². The van der Waals surface area contributed by atoms with Gasteiger partial charge in [-0.3, -0.25) is 9.80 Å². The van der Waals surface area contributed by atoms with Crippen LogP contribution in [0.25, 0.3) is 10.6 Å². The molecule has 1 aliphatic carbocycles. The molecule has 4 heterocycles. The minimum absolute atomic E-state index is 0.464. The number of fused-ring (bicyclic) bond motifs is 1. The summed E-state index contributed by atoms with van der Waals surface area (Å²) >= 11 is 1.66. The van der Waals surface area contributed by atoms with Crippen molar-refractivity contribution in [1.82, 2.24) is 29.7 Å². The number of rotatable bonds is 9. The predicted octanol–water partition coefficient (Wildman–Crippen LogP) is 4.22. The molecular formula is C26H33N9S. The third kappa shape index (κ3) is 5.98. The number of anilines is 3. The van der Waals surface area contributed by atoms with Crippen LogP contribution in [-0.2, 0) is 13.0 Å².